The molecular weight excluding hydrogens is 501 g/mol. The van der Waals surface area contributed by atoms with Crippen LogP contribution in [0.1, 0.15) is 51.2 Å². The number of hydrogen-bond acceptors (Lipinski definition) is 4. The molecule has 0 aromatic heterocycles. The van der Waals surface area contributed by atoms with Crippen molar-refractivity contribution in [3.8, 4) is 0 Å². The number of hydrogen-bond donors (Lipinski definition) is 2. The lowest BCUT2D eigenvalue weighted by atomic mass is 10.0. The van der Waals surface area contributed by atoms with Crippen LogP contribution in [0.2, 0.25) is 0 Å². The quantitative estimate of drug-likeness (QED) is 0.314. The molecule has 7 heteroatoms. The molecule has 2 saturated heterocycles. The van der Waals surface area contributed by atoms with Gasteiger partial charge in [-0.05, 0) is 50.8 Å². The van der Waals surface area contributed by atoms with Crippen LogP contribution in [0.25, 0.3) is 0 Å². The summed E-state index contributed by atoms with van der Waals surface area (Å²) >= 11 is 0. The summed E-state index contributed by atoms with van der Waals surface area (Å²) in [4.78, 5) is 9.55. The molecule has 3 rings (SSSR count). The molecule has 2 fully saturated rings. The molecule has 2 unspecified atom stereocenters. The van der Waals surface area contributed by atoms with Gasteiger partial charge in [0.25, 0.3) is 0 Å². The Hall–Kier alpha value is -0.900. The number of aliphatic imine (C=N–C) groups is 1. The summed E-state index contributed by atoms with van der Waals surface area (Å²) in [6.07, 6.45) is 4.20. The summed E-state index contributed by atoms with van der Waals surface area (Å²) in [6.45, 7) is 13.9. The topological polar surface area (TPSA) is 52.1 Å². The van der Waals surface area contributed by atoms with E-state index in [2.05, 4.69) is 70.5 Å². The monoisotopic (exact) mass is 543 g/mol. The highest BCUT2D eigenvalue weighted by atomic mass is 127. The van der Waals surface area contributed by atoms with Crippen LogP contribution in [0.5, 0.6) is 0 Å². The van der Waals surface area contributed by atoms with E-state index in [1.165, 1.54) is 50.0 Å². The first-order valence-corrected chi connectivity index (χ1v) is 11.7. The molecule has 0 saturated carbocycles. The van der Waals surface area contributed by atoms with Crippen molar-refractivity contribution < 1.29 is 4.74 Å². The Morgan fingerprint density at radius 3 is 2.32 bits per heavy atom. The smallest absolute Gasteiger partial charge is 0.191 e. The SMILES string of the molecule is CCCN1CCC(NC(=NC)NCc2ccccc2CN2CC(C)OC(C)C2)CC1.I. The van der Waals surface area contributed by atoms with Crippen molar-refractivity contribution in [3.05, 3.63) is 35.4 Å². The van der Waals surface area contributed by atoms with Crippen LogP contribution in [-0.4, -0.2) is 73.8 Å². The Balaban J connectivity index is 0.00000341. The lowest BCUT2D eigenvalue weighted by molar-refractivity contribution is -0.0705. The second-order valence-corrected chi connectivity index (χ2v) is 8.91. The van der Waals surface area contributed by atoms with Crippen LogP contribution in [0.3, 0.4) is 0 Å². The molecule has 2 heterocycles. The molecule has 2 N–H and O–H groups in total. The zero-order valence-corrected chi connectivity index (χ0v) is 22.1. The van der Waals surface area contributed by atoms with Gasteiger partial charge in [-0.2, -0.15) is 0 Å². The van der Waals surface area contributed by atoms with Gasteiger partial charge in [0.15, 0.2) is 5.96 Å². The van der Waals surface area contributed by atoms with Gasteiger partial charge in [-0.15, -0.1) is 24.0 Å². The van der Waals surface area contributed by atoms with Crippen molar-refractivity contribution in [2.45, 2.75) is 71.4 Å². The second kappa shape index (κ2) is 13.6. The summed E-state index contributed by atoms with van der Waals surface area (Å²) in [5.74, 6) is 0.910. The molecule has 1 aromatic carbocycles. The highest BCUT2D eigenvalue weighted by Gasteiger charge is 2.23. The fraction of sp³-hybridized carbons (Fsp3) is 0.708. The van der Waals surface area contributed by atoms with Gasteiger partial charge in [0.2, 0.25) is 0 Å². The molecule has 0 spiro atoms. The van der Waals surface area contributed by atoms with Gasteiger partial charge in [-0.3, -0.25) is 9.89 Å². The number of nitrogens with zero attached hydrogens (tertiary/aromatic N) is 3. The van der Waals surface area contributed by atoms with Gasteiger partial charge in [-0.25, -0.2) is 0 Å². The largest absolute Gasteiger partial charge is 0.373 e. The van der Waals surface area contributed by atoms with Crippen LogP contribution >= 0.6 is 24.0 Å². The van der Waals surface area contributed by atoms with E-state index in [0.717, 1.165) is 32.1 Å². The minimum absolute atomic E-state index is 0. The lowest BCUT2D eigenvalue weighted by Crippen LogP contribution is -2.48. The van der Waals surface area contributed by atoms with Crippen molar-refractivity contribution in [3.63, 3.8) is 0 Å². The highest BCUT2D eigenvalue weighted by Crippen LogP contribution is 2.17. The third kappa shape index (κ3) is 8.51. The number of halogens is 1. The Bertz CT molecular complexity index is 668. The molecule has 176 valence electrons. The minimum Gasteiger partial charge on any atom is -0.373 e. The van der Waals surface area contributed by atoms with E-state index in [9.17, 15) is 0 Å². The maximum Gasteiger partial charge on any atom is 0.191 e. The third-order valence-electron chi connectivity index (χ3n) is 6.15. The lowest BCUT2D eigenvalue weighted by Gasteiger charge is -2.35. The van der Waals surface area contributed by atoms with Crippen molar-refractivity contribution >= 4 is 29.9 Å². The van der Waals surface area contributed by atoms with Gasteiger partial charge >= 0.3 is 0 Å². The fourth-order valence-corrected chi connectivity index (χ4v) is 4.72. The number of likely N-dealkylation sites (tertiary alicyclic amines) is 1. The highest BCUT2D eigenvalue weighted by molar-refractivity contribution is 14.0. The average Bonchev–Trinajstić information content (AvgIpc) is 2.73. The van der Waals surface area contributed by atoms with Crippen LogP contribution in [0.4, 0.5) is 0 Å². The van der Waals surface area contributed by atoms with Gasteiger partial charge in [0.1, 0.15) is 0 Å². The first kappa shape index (κ1) is 26.4. The van der Waals surface area contributed by atoms with E-state index in [1.807, 2.05) is 7.05 Å². The van der Waals surface area contributed by atoms with E-state index in [4.69, 9.17) is 4.74 Å². The molecule has 1 aromatic rings. The molecule has 6 nitrogen and oxygen atoms in total. The summed E-state index contributed by atoms with van der Waals surface area (Å²) in [5, 5.41) is 7.18. The number of nitrogens with one attached hydrogen (secondary N) is 2. The standard InChI is InChI=1S/C24H41N5O.HI/c1-5-12-28-13-10-23(11-14-28)27-24(25-4)26-15-21-8-6-7-9-22(21)18-29-16-19(2)30-20(3)17-29;/h6-9,19-20,23H,5,10-18H2,1-4H3,(H2,25,26,27);1H. The predicted molar refractivity (Wildman–Crippen MR) is 140 cm³/mol. The number of rotatable bonds is 7. The number of morpholine rings is 1. The van der Waals surface area contributed by atoms with Crippen LogP contribution in [-0.2, 0) is 17.8 Å². The first-order valence-electron chi connectivity index (χ1n) is 11.7. The normalized spacial score (nSPS) is 23.9. The summed E-state index contributed by atoms with van der Waals surface area (Å²) in [6, 6.07) is 9.26. The molecule has 0 aliphatic carbocycles. The molecule has 0 amide bonds. The Morgan fingerprint density at radius 2 is 1.71 bits per heavy atom. The van der Waals surface area contributed by atoms with Gasteiger partial charge < -0.3 is 20.3 Å². The molecule has 2 atom stereocenters. The summed E-state index contributed by atoms with van der Waals surface area (Å²) in [5.41, 5.74) is 2.72. The minimum atomic E-state index is 0. The Kier molecular flexibility index (Phi) is 11.6. The maximum atomic E-state index is 5.89. The van der Waals surface area contributed by atoms with Crippen molar-refractivity contribution in [1.29, 1.82) is 0 Å². The van der Waals surface area contributed by atoms with E-state index in [1.54, 1.807) is 0 Å². The molecule has 2 aliphatic heterocycles. The second-order valence-electron chi connectivity index (χ2n) is 8.91. The first-order chi connectivity index (χ1) is 14.6. The number of piperidine rings is 1. The van der Waals surface area contributed by atoms with Crippen molar-refractivity contribution in [1.82, 2.24) is 20.4 Å². The molecular formula is C24H42IN5O. The van der Waals surface area contributed by atoms with E-state index in [0.29, 0.717) is 18.2 Å². The van der Waals surface area contributed by atoms with Crippen molar-refractivity contribution in [2.24, 2.45) is 4.99 Å². The van der Waals surface area contributed by atoms with Crippen molar-refractivity contribution in [2.75, 3.05) is 39.8 Å². The maximum absolute atomic E-state index is 5.89. The fourth-order valence-electron chi connectivity index (χ4n) is 4.72. The number of ether oxygens (including phenoxy) is 1. The number of guanidine groups is 1. The average molecular weight is 544 g/mol. The summed E-state index contributed by atoms with van der Waals surface area (Å²) < 4.78 is 5.89. The predicted octanol–water partition coefficient (Wildman–Crippen LogP) is 3.45. The zero-order chi connectivity index (χ0) is 21.3. The van der Waals surface area contributed by atoms with Crippen LogP contribution in [0, 0.1) is 0 Å². The van der Waals surface area contributed by atoms with Crippen LogP contribution < -0.4 is 10.6 Å². The van der Waals surface area contributed by atoms with E-state index >= 15 is 0 Å². The van der Waals surface area contributed by atoms with E-state index in [-0.39, 0.29) is 24.0 Å². The Morgan fingerprint density at radius 1 is 1.06 bits per heavy atom. The molecule has 0 bridgehead atoms. The third-order valence-corrected chi connectivity index (χ3v) is 6.15. The summed E-state index contributed by atoms with van der Waals surface area (Å²) in [7, 11) is 1.87. The van der Waals surface area contributed by atoms with Gasteiger partial charge in [0.05, 0.1) is 12.2 Å². The molecule has 2 aliphatic rings. The zero-order valence-electron chi connectivity index (χ0n) is 19.8. The van der Waals surface area contributed by atoms with Gasteiger partial charge in [-0.1, -0.05) is 31.2 Å². The Labute approximate surface area is 206 Å². The molecule has 31 heavy (non-hydrogen) atoms. The number of benzene rings is 1. The van der Waals surface area contributed by atoms with Gasteiger partial charge in [0, 0.05) is 52.4 Å². The molecule has 0 radical (unpaired) electrons. The van der Waals surface area contributed by atoms with Crippen LogP contribution in [0.15, 0.2) is 29.3 Å². The van der Waals surface area contributed by atoms with E-state index < -0.39 is 0 Å².